The molecular formula is C24H17BrN2O5S. The predicted molar refractivity (Wildman–Crippen MR) is 130 cm³/mol. The maximum Gasteiger partial charge on any atom is 0.337 e. The summed E-state index contributed by atoms with van der Waals surface area (Å²) in [5, 5.41) is 13.8. The molecule has 0 heterocycles. The lowest BCUT2D eigenvalue weighted by Crippen LogP contribution is -2.16. The van der Waals surface area contributed by atoms with E-state index in [1.807, 2.05) is 30.3 Å². The molecule has 0 aliphatic heterocycles. The number of amides is 1. The lowest BCUT2D eigenvalue weighted by Gasteiger charge is -2.11. The van der Waals surface area contributed by atoms with E-state index in [4.69, 9.17) is 0 Å². The molecule has 0 spiro atoms. The lowest BCUT2D eigenvalue weighted by molar-refractivity contribution is 0.0698. The summed E-state index contributed by atoms with van der Waals surface area (Å²) in [5.74, 6) is -1.75. The first-order valence-electron chi connectivity index (χ1n) is 9.69. The number of rotatable bonds is 6. The van der Waals surface area contributed by atoms with E-state index in [9.17, 15) is 23.1 Å². The van der Waals surface area contributed by atoms with Crippen molar-refractivity contribution >= 4 is 60.0 Å². The van der Waals surface area contributed by atoms with Gasteiger partial charge in [-0.1, -0.05) is 46.3 Å². The summed E-state index contributed by atoms with van der Waals surface area (Å²) in [5.41, 5.74) is 0.660. The minimum atomic E-state index is -3.87. The van der Waals surface area contributed by atoms with Crippen molar-refractivity contribution in [3.63, 3.8) is 0 Å². The highest BCUT2D eigenvalue weighted by Crippen LogP contribution is 2.24. The van der Waals surface area contributed by atoms with Gasteiger partial charge in [-0.25, -0.2) is 13.2 Å². The molecule has 166 valence electrons. The van der Waals surface area contributed by atoms with Crippen molar-refractivity contribution < 1.29 is 23.1 Å². The summed E-state index contributed by atoms with van der Waals surface area (Å²) in [4.78, 5) is 24.0. The van der Waals surface area contributed by atoms with E-state index in [2.05, 4.69) is 26.0 Å². The Kier molecular flexibility index (Phi) is 6.17. The van der Waals surface area contributed by atoms with Crippen LogP contribution >= 0.6 is 15.9 Å². The Bertz CT molecular complexity index is 1480. The van der Waals surface area contributed by atoms with E-state index in [0.717, 1.165) is 10.8 Å². The summed E-state index contributed by atoms with van der Waals surface area (Å²) >= 11 is 3.20. The van der Waals surface area contributed by atoms with Crippen LogP contribution in [0.2, 0.25) is 0 Å². The molecule has 0 bridgehead atoms. The first kappa shape index (κ1) is 22.5. The number of carbonyl (C=O) groups excluding carboxylic acids is 1. The van der Waals surface area contributed by atoms with Gasteiger partial charge < -0.3 is 10.4 Å². The normalized spacial score (nSPS) is 11.2. The zero-order valence-electron chi connectivity index (χ0n) is 16.9. The van der Waals surface area contributed by atoms with Crippen LogP contribution in [-0.2, 0) is 10.0 Å². The Morgan fingerprint density at radius 2 is 1.52 bits per heavy atom. The van der Waals surface area contributed by atoms with E-state index in [-0.39, 0.29) is 21.7 Å². The molecule has 7 nitrogen and oxygen atoms in total. The van der Waals surface area contributed by atoms with Crippen molar-refractivity contribution in [2.24, 2.45) is 0 Å². The van der Waals surface area contributed by atoms with Gasteiger partial charge in [0.25, 0.3) is 15.9 Å². The molecular weight excluding hydrogens is 508 g/mol. The molecule has 0 aliphatic carbocycles. The van der Waals surface area contributed by atoms with Gasteiger partial charge in [0.05, 0.1) is 16.1 Å². The Balaban J connectivity index is 1.52. The molecule has 0 unspecified atom stereocenters. The van der Waals surface area contributed by atoms with Crippen LogP contribution in [0.1, 0.15) is 20.7 Å². The summed E-state index contributed by atoms with van der Waals surface area (Å²) in [6.45, 7) is 0. The molecule has 0 aliphatic rings. The van der Waals surface area contributed by atoms with Gasteiger partial charge in [0.2, 0.25) is 0 Å². The Hall–Kier alpha value is -3.69. The van der Waals surface area contributed by atoms with Gasteiger partial charge >= 0.3 is 5.97 Å². The SMILES string of the molecule is O=C(Nc1ccc(Br)cc1C(=O)O)c1ccc(S(=O)(=O)Nc2ccc3ccccc3c2)cc1. The van der Waals surface area contributed by atoms with Gasteiger partial charge in [0, 0.05) is 15.7 Å². The van der Waals surface area contributed by atoms with Crippen molar-refractivity contribution in [2.75, 3.05) is 10.0 Å². The quantitative estimate of drug-likeness (QED) is 0.314. The zero-order valence-corrected chi connectivity index (χ0v) is 19.4. The monoisotopic (exact) mass is 524 g/mol. The van der Waals surface area contributed by atoms with Gasteiger partial charge in [-0.15, -0.1) is 0 Å². The topological polar surface area (TPSA) is 113 Å². The first-order chi connectivity index (χ1) is 15.7. The van der Waals surface area contributed by atoms with Crippen LogP contribution in [0.25, 0.3) is 10.8 Å². The standard InChI is InChI=1S/C24H17BrN2O5S/c25-18-8-12-22(21(14-18)24(29)30)26-23(28)16-6-10-20(11-7-16)33(31,32)27-19-9-5-15-3-1-2-4-17(15)13-19/h1-14,27H,(H,26,28)(H,29,30). The summed E-state index contributed by atoms with van der Waals surface area (Å²) in [6.07, 6.45) is 0. The number of benzene rings is 4. The summed E-state index contributed by atoms with van der Waals surface area (Å²) in [7, 11) is -3.87. The van der Waals surface area contributed by atoms with Gasteiger partial charge in [0.1, 0.15) is 0 Å². The van der Waals surface area contributed by atoms with Crippen LogP contribution in [0.5, 0.6) is 0 Å². The number of hydrogen-bond donors (Lipinski definition) is 3. The molecule has 0 radical (unpaired) electrons. The third kappa shape index (κ3) is 5.05. The number of fused-ring (bicyclic) bond motifs is 1. The highest BCUT2D eigenvalue weighted by atomic mass is 79.9. The second kappa shape index (κ2) is 9.05. The Labute approximate surface area is 198 Å². The summed E-state index contributed by atoms with van der Waals surface area (Å²) < 4.78 is 28.7. The molecule has 1 amide bonds. The van der Waals surface area contributed by atoms with Crippen LogP contribution < -0.4 is 10.0 Å². The van der Waals surface area contributed by atoms with Gasteiger partial charge in [-0.05, 0) is 65.4 Å². The van der Waals surface area contributed by atoms with Gasteiger partial charge in [-0.3, -0.25) is 9.52 Å². The Morgan fingerprint density at radius 1 is 0.818 bits per heavy atom. The highest BCUT2D eigenvalue weighted by molar-refractivity contribution is 9.10. The van der Waals surface area contributed by atoms with Crippen LogP contribution in [0, 0.1) is 0 Å². The fourth-order valence-corrected chi connectivity index (χ4v) is 4.66. The minimum absolute atomic E-state index is 0.0120. The number of halogens is 1. The zero-order chi connectivity index (χ0) is 23.6. The maximum atomic E-state index is 12.8. The average molecular weight is 525 g/mol. The minimum Gasteiger partial charge on any atom is -0.478 e. The molecule has 3 N–H and O–H groups in total. The number of anilines is 2. The van der Waals surface area contributed by atoms with E-state index in [1.54, 1.807) is 18.2 Å². The van der Waals surface area contributed by atoms with Crippen molar-refractivity contribution in [1.82, 2.24) is 0 Å². The number of sulfonamides is 1. The summed E-state index contributed by atoms with van der Waals surface area (Å²) in [6, 6.07) is 22.7. The smallest absolute Gasteiger partial charge is 0.337 e. The third-order valence-corrected chi connectivity index (χ3v) is 6.78. The Morgan fingerprint density at radius 3 is 2.21 bits per heavy atom. The number of carboxylic acid groups (broad SMARTS) is 1. The van der Waals surface area contributed by atoms with Gasteiger partial charge in [0.15, 0.2) is 0 Å². The fraction of sp³-hybridized carbons (Fsp3) is 0. The second-order valence-electron chi connectivity index (χ2n) is 7.14. The molecule has 0 atom stereocenters. The molecule has 0 saturated carbocycles. The van der Waals surface area contributed by atoms with E-state index in [1.165, 1.54) is 36.4 Å². The van der Waals surface area contributed by atoms with Gasteiger partial charge in [-0.2, -0.15) is 0 Å². The molecule has 33 heavy (non-hydrogen) atoms. The van der Waals surface area contributed by atoms with Crippen LogP contribution in [-0.4, -0.2) is 25.4 Å². The second-order valence-corrected chi connectivity index (χ2v) is 9.74. The van der Waals surface area contributed by atoms with Crippen LogP contribution in [0.3, 0.4) is 0 Å². The van der Waals surface area contributed by atoms with Crippen molar-refractivity contribution in [3.8, 4) is 0 Å². The van der Waals surface area contributed by atoms with Crippen molar-refractivity contribution in [3.05, 3.63) is 101 Å². The number of aromatic carboxylic acids is 1. The van der Waals surface area contributed by atoms with Crippen LogP contribution in [0.4, 0.5) is 11.4 Å². The molecule has 0 fully saturated rings. The highest BCUT2D eigenvalue weighted by Gasteiger charge is 2.17. The fourth-order valence-electron chi connectivity index (χ4n) is 3.25. The molecule has 4 aromatic carbocycles. The van der Waals surface area contributed by atoms with Crippen LogP contribution in [0.15, 0.2) is 94.3 Å². The molecule has 0 aromatic heterocycles. The molecule has 9 heteroatoms. The third-order valence-electron chi connectivity index (χ3n) is 4.89. The molecule has 4 aromatic rings. The molecule has 0 saturated heterocycles. The number of hydrogen-bond acceptors (Lipinski definition) is 4. The largest absolute Gasteiger partial charge is 0.478 e. The van der Waals surface area contributed by atoms with Crippen molar-refractivity contribution in [1.29, 1.82) is 0 Å². The number of carboxylic acids is 1. The van der Waals surface area contributed by atoms with E-state index < -0.39 is 21.9 Å². The van der Waals surface area contributed by atoms with Crippen molar-refractivity contribution in [2.45, 2.75) is 4.90 Å². The predicted octanol–water partition coefficient (Wildman–Crippen LogP) is 5.35. The maximum absolute atomic E-state index is 12.8. The lowest BCUT2D eigenvalue weighted by atomic mass is 10.1. The molecule has 4 rings (SSSR count). The average Bonchev–Trinajstić information content (AvgIpc) is 2.80. The number of carbonyl (C=O) groups is 2. The first-order valence-corrected chi connectivity index (χ1v) is 12.0. The number of nitrogens with one attached hydrogen (secondary N) is 2. The van der Waals surface area contributed by atoms with E-state index >= 15 is 0 Å². The van der Waals surface area contributed by atoms with E-state index in [0.29, 0.717) is 10.2 Å².